The van der Waals surface area contributed by atoms with Crippen LogP contribution < -0.4 is 9.64 Å². The zero-order chi connectivity index (χ0) is 30.6. The van der Waals surface area contributed by atoms with Gasteiger partial charge in [0.25, 0.3) is 0 Å². The highest BCUT2D eigenvalue weighted by Gasteiger charge is 2.49. The van der Waals surface area contributed by atoms with Crippen molar-refractivity contribution in [1.82, 2.24) is 14.9 Å². The van der Waals surface area contributed by atoms with Crippen molar-refractivity contribution in [3.63, 3.8) is 0 Å². The Morgan fingerprint density at radius 2 is 2.05 bits per heavy atom. The number of phenols is 1. The maximum atomic E-state index is 14.9. The number of phenolic OH excluding ortho intramolecular Hbond substituents is 1. The molecule has 0 bridgehead atoms. The number of anilines is 1. The molecule has 2 unspecified atom stereocenters. The summed E-state index contributed by atoms with van der Waals surface area (Å²) in [4.78, 5) is 26.1. The molecule has 7 rings (SSSR count). The Bertz CT molecular complexity index is 1860. The van der Waals surface area contributed by atoms with Crippen LogP contribution in [0.4, 0.5) is 14.6 Å². The van der Waals surface area contributed by atoms with Gasteiger partial charge in [-0.3, -0.25) is 9.69 Å². The van der Waals surface area contributed by atoms with Crippen molar-refractivity contribution in [3.05, 3.63) is 53.3 Å². The van der Waals surface area contributed by atoms with Crippen LogP contribution in [0.2, 0.25) is 0 Å². The Labute approximate surface area is 253 Å². The molecular formula is C34H32F2N4O4. The Morgan fingerprint density at radius 1 is 1.18 bits per heavy atom. The van der Waals surface area contributed by atoms with Gasteiger partial charge in [0.15, 0.2) is 0 Å². The van der Waals surface area contributed by atoms with Gasteiger partial charge >= 0.3 is 12.0 Å². The second-order valence-electron chi connectivity index (χ2n) is 12.0. The zero-order valence-corrected chi connectivity index (χ0v) is 24.4. The molecule has 2 atom stereocenters. The number of hydrogen-bond donors (Lipinski definition) is 1. The first kappa shape index (κ1) is 28.3. The number of aromatic nitrogens is 2. The van der Waals surface area contributed by atoms with Crippen LogP contribution in [0.3, 0.4) is 0 Å². The van der Waals surface area contributed by atoms with E-state index in [0.717, 1.165) is 24.9 Å². The molecule has 3 aliphatic rings. The summed E-state index contributed by atoms with van der Waals surface area (Å²) in [6.07, 6.45) is 7.72. The number of cyclic esters (lactones) is 1. The lowest BCUT2D eigenvalue weighted by Gasteiger charge is -2.31. The van der Waals surface area contributed by atoms with Crippen molar-refractivity contribution >= 4 is 33.5 Å². The maximum Gasteiger partial charge on any atom is 0.325 e. The van der Waals surface area contributed by atoms with Crippen molar-refractivity contribution in [1.29, 1.82) is 0 Å². The number of rotatable bonds is 5. The van der Waals surface area contributed by atoms with Gasteiger partial charge in [-0.25, -0.2) is 8.78 Å². The molecule has 226 valence electrons. The molecule has 0 aliphatic carbocycles. The van der Waals surface area contributed by atoms with Crippen LogP contribution in [0.15, 0.2) is 36.4 Å². The predicted octanol–water partition coefficient (Wildman–Crippen LogP) is 5.29. The number of aromatic hydroxyl groups is 1. The van der Waals surface area contributed by atoms with Gasteiger partial charge in [0, 0.05) is 30.3 Å². The Kier molecular flexibility index (Phi) is 7.01. The SMILES string of the molecule is C#Cc1c(F)ccc2cc(O)cc(-c3ccc4c(N5CCCOC(=O)C5)nc(OCC56CCCN5CC(F)C6)nc4c3C)c12. The van der Waals surface area contributed by atoms with E-state index < -0.39 is 17.5 Å². The summed E-state index contributed by atoms with van der Waals surface area (Å²) in [6.45, 7) is 4.28. The van der Waals surface area contributed by atoms with E-state index in [-0.39, 0.29) is 36.4 Å². The topological polar surface area (TPSA) is 88.0 Å². The molecule has 3 aliphatic heterocycles. The summed E-state index contributed by atoms with van der Waals surface area (Å²) >= 11 is 0. The second-order valence-corrected chi connectivity index (χ2v) is 12.0. The van der Waals surface area contributed by atoms with Crippen LogP contribution >= 0.6 is 0 Å². The Balaban J connectivity index is 1.39. The van der Waals surface area contributed by atoms with Gasteiger partial charge in [0.1, 0.15) is 36.7 Å². The number of carbonyl (C=O) groups excluding carboxylic acids is 1. The summed E-state index contributed by atoms with van der Waals surface area (Å²) in [7, 11) is 0. The lowest BCUT2D eigenvalue weighted by Crippen LogP contribution is -2.43. The molecule has 0 radical (unpaired) electrons. The Morgan fingerprint density at radius 3 is 2.89 bits per heavy atom. The number of hydrogen-bond acceptors (Lipinski definition) is 8. The minimum absolute atomic E-state index is 0.0140. The molecule has 8 nitrogen and oxygen atoms in total. The number of benzene rings is 3. The van der Waals surface area contributed by atoms with Gasteiger partial charge in [0.05, 0.1) is 23.2 Å². The standard InChI is InChI=1S/C34H32F2N4O4/c1-3-24-28(36)9-6-21-14-23(41)15-27(30(21)24)25-7-8-26-31(20(25)2)37-33(38-32(26)39-11-5-13-43-29(42)18-39)44-19-34-10-4-12-40(34)17-22(35)16-34/h1,6-9,14-15,22,41H,4-5,10-13,16-19H2,2H3. The zero-order valence-electron chi connectivity index (χ0n) is 24.4. The first-order chi connectivity index (χ1) is 21.3. The number of fused-ring (bicyclic) bond motifs is 3. The number of aryl methyl sites for hydroxylation is 1. The van der Waals surface area contributed by atoms with Crippen molar-refractivity contribution in [2.75, 3.05) is 44.3 Å². The highest BCUT2D eigenvalue weighted by molar-refractivity contribution is 6.05. The van der Waals surface area contributed by atoms with E-state index >= 15 is 0 Å². The number of carbonyl (C=O) groups is 1. The molecule has 0 amide bonds. The summed E-state index contributed by atoms with van der Waals surface area (Å²) in [5.74, 6) is 2.15. The van der Waals surface area contributed by atoms with Gasteiger partial charge in [-0.05, 0) is 79.1 Å². The number of nitrogens with zero attached hydrogens (tertiary/aromatic N) is 4. The molecule has 0 spiro atoms. The van der Waals surface area contributed by atoms with Gasteiger partial charge in [0.2, 0.25) is 0 Å². The van der Waals surface area contributed by atoms with Crippen LogP contribution in [0.5, 0.6) is 11.8 Å². The summed E-state index contributed by atoms with van der Waals surface area (Å²) in [5.41, 5.74) is 2.28. The average Bonchev–Trinajstić information content (AvgIpc) is 3.43. The van der Waals surface area contributed by atoms with Crippen molar-refractivity contribution < 1.29 is 28.2 Å². The van der Waals surface area contributed by atoms with Gasteiger partial charge < -0.3 is 19.5 Å². The van der Waals surface area contributed by atoms with Crippen LogP contribution in [0.1, 0.15) is 36.8 Å². The molecule has 3 aromatic carbocycles. The van der Waals surface area contributed by atoms with E-state index in [1.165, 1.54) is 6.07 Å². The molecule has 1 N–H and O–H groups in total. The molecule has 4 aromatic rings. The smallest absolute Gasteiger partial charge is 0.325 e. The van der Waals surface area contributed by atoms with Crippen molar-refractivity contribution in [2.45, 2.75) is 44.3 Å². The number of alkyl halides is 1. The van der Waals surface area contributed by atoms with E-state index in [1.54, 1.807) is 18.2 Å². The quantitative estimate of drug-likeness (QED) is 0.245. The fraction of sp³-hybridized carbons (Fsp3) is 0.382. The van der Waals surface area contributed by atoms with E-state index in [0.29, 0.717) is 71.2 Å². The third-order valence-corrected chi connectivity index (χ3v) is 9.25. The highest BCUT2D eigenvalue weighted by atomic mass is 19.1. The lowest BCUT2D eigenvalue weighted by molar-refractivity contribution is -0.141. The van der Waals surface area contributed by atoms with Gasteiger partial charge in [-0.15, -0.1) is 6.42 Å². The summed E-state index contributed by atoms with van der Waals surface area (Å²) in [5, 5.41) is 12.4. The average molecular weight is 599 g/mol. The van der Waals surface area contributed by atoms with E-state index in [1.807, 2.05) is 24.0 Å². The molecule has 10 heteroatoms. The van der Waals surface area contributed by atoms with E-state index in [4.69, 9.17) is 25.9 Å². The monoisotopic (exact) mass is 598 g/mol. The van der Waals surface area contributed by atoms with Gasteiger partial charge in [-0.1, -0.05) is 18.1 Å². The first-order valence-electron chi connectivity index (χ1n) is 14.9. The highest BCUT2D eigenvalue weighted by Crippen LogP contribution is 2.42. The summed E-state index contributed by atoms with van der Waals surface area (Å²) in [6, 6.07) is 9.87. The fourth-order valence-corrected chi connectivity index (χ4v) is 7.22. The molecule has 44 heavy (non-hydrogen) atoms. The van der Waals surface area contributed by atoms with Crippen molar-refractivity contribution in [3.8, 4) is 35.2 Å². The number of terminal acetylenes is 1. The lowest BCUT2D eigenvalue weighted by atomic mass is 9.91. The normalized spacial score (nSPS) is 22.2. The largest absolute Gasteiger partial charge is 0.508 e. The van der Waals surface area contributed by atoms with E-state index in [9.17, 15) is 18.7 Å². The molecule has 0 saturated carbocycles. The van der Waals surface area contributed by atoms with Crippen molar-refractivity contribution in [2.24, 2.45) is 0 Å². The number of esters is 1. The minimum Gasteiger partial charge on any atom is -0.508 e. The van der Waals surface area contributed by atoms with Gasteiger partial charge in [-0.2, -0.15) is 9.97 Å². The molecule has 4 heterocycles. The third kappa shape index (κ3) is 4.76. The maximum absolute atomic E-state index is 14.9. The molecular weight excluding hydrogens is 566 g/mol. The Hall–Kier alpha value is -4.49. The number of halogens is 2. The fourth-order valence-electron chi connectivity index (χ4n) is 7.22. The molecule has 1 aromatic heterocycles. The molecule has 3 saturated heterocycles. The van der Waals surface area contributed by atoms with Crippen LogP contribution in [0.25, 0.3) is 32.8 Å². The number of ether oxygens (including phenoxy) is 2. The first-order valence-corrected chi connectivity index (χ1v) is 14.9. The minimum atomic E-state index is -0.894. The molecule has 3 fully saturated rings. The van der Waals surface area contributed by atoms with Crippen LogP contribution in [-0.4, -0.2) is 77.0 Å². The van der Waals surface area contributed by atoms with Crippen LogP contribution in [-0.2, 0) is 9.53 Å². The van der Waals surface area contributed by atoms with E-state index in [2.05, 4.69) is 10.8 Å². The third-order valence-electron chi connectivity index (χ3n) is 9.25. The summed E-state index contributed by atoms with van der Waals surface area (Å²) < 4.78 is 40.9. The van der Waals surface area contributed by atoms with Crippen LogP contribution in [0, 0.1) is 25.1 Å². The second kappa shape index (κ2) is 10.9. The predicted molar refractivity (Wildman–Crippen MR) is 163 cm³/mol.